The van der Waals surface area contributed by atoms with E-state index in [4.69, 9.17) is 17.3 Å². The number of rotatable bonds is 5. The molecule has 0 saturated carbocycles. The maximum absolute atomic E-state index is 12.9. The molecule has 3 aromatic carbocycles. The van der Waals surface area contributed by atoms with Crippen molar-refractivity contribution in [2.24, 2.45) is 5.73 Å². The number of hydrogen-bond donors (Lipinski definition) is 3. The van der Waals surface area contributed by atoms with Crippen molar-refractivity contribution < 1.29 is 13.2 Å². The summed E-state index contributed by atoms with van der Waals surface area (Å²) >= 11 is 5.71. The largest absolute Gasteiger partial charge is 0.416 e. The van der Waals surface area contributed by atoms with Crippen molar-refractivity contribution in [1.29, 1.82) is 0 Å². The van der Waals surface area contributed by atoms with Gasteiger partial charge in [-0.05, 0) is 67.4 Å². The number of nitrogens with two attached hydrogens (primary N) is 2. The van der Waals surface area contributed by atoms with Crippen LogP contribution in [0, 0.1) is 6.92 Å². The molecule has 34 heavy (non-hydrogen) atoms. The summed E-state index contributed by atoms with van der Waals surface area (Å²) in [5, 5.41) is 4.01. The Bertz CT molecular complexity index is 939. The first-order valence-electron chi connectivity index (χ1n) is 11.3. The molecule has 0 saturated heterocycles. The number of nitrogens with one attached hydrogen (secondary N) is 1. The average Bonchev–Trinajstić information content (AvgIpc) is 2.84. The molecule has 188 valence electrons. The third-order valence-electron chi connectivity index (χ3n) is 4.51. The quantitative estimate of drug-likeness (QED) is 0.314. The number of benzene rings is 3. The fourth-order valence-corrected chi connectivity index (χ4v) is 2.94. The minimum Gasteiger partial charge on any atom is -0.398 e. The van der Waals surface area contributed by atoms with E-state index in [1.807, 2.05) is 64.1 Å². The van der Waals surface area contributed by atoms with Crippen molar-refractivity contribution >= 4 is 23.0 Å². The molecule has 3 aromatic rings. The summed E-state index contributed by atoms with van der Waals surface area (Å²) in [4.78, 5) is 0. The van der Waals surface area contributed by atoms with Gasteiger partial charge in [-0.25, -0.2) is 0 Å². The van der Waals surface area contributed by atoms with Gasteiger partial charge in [0.15, 0.2) is 0 Å². The third-order valence-corrected chi connectivity index (χ3v) is 4.93. The number of halogens is 4. The van der Waals surface area contributed by atoms with Gasteiger partial charge in [0.05, 0.1) is 5.56 Å². The maximum Gasteiger partial charge on any atom is 0.416 e. The van der Waals surface area contributed by atoms with Crippen LogP contribution in [0.1, 0.15) is 49.4 Å². The molecule has 0 bridgehead atoms. The van der Waals surface area contributed by atoms with E-state index in [0.717, 1.165) is 34.3 Å². The second-order valence-corrected chi connectivity index (χ2v) is 7.33. The van der Waals surface area contributed by atoms with Crippen LogP contribution in [0.3, 0.4) is 0 Å². The van der Waals surface area contributed by atoms with Crippen molar-refractivity contribution in [3.8, 4) is 0 Å². The zero-order chi connectivity index (χ0) is 26.1. The maximum atomic E-state index is 12.9. The van der Waals surface area contributed by atoms with Gasteiger partial charge < -0.3 is 16.8 Å². The number of nitrogen functional groups attached to an aromatic ring is 1. The Balaban J connectivity index is 0.000000755. The van der Waals surface area contributed by atoms with Crippen LogP contribution in [0.5, 0.6) is 0 Å². The summed E-state index contributed by atoms with van der Waals surface area (Å²) in [6.07, 6.45) is -3.09. The standard InChI is InChI=1S/C17H19F3N2.C7H7Cl.C2H6.CH5N/c1-2-9-22-16-8-7-14(17(18,19)20)11-13(16)10-12-5-3-4-6-15(12)21;1-6-4-2-3-5-7(6)8;2*1-2/h3-8,11,22H,2,9-10,21H2,1H3;2-5H,1H3;1-2H3;2H2,1H3. The summed E-state index contributed by atoms with van der Waals surface area (Å²) in [6, 6.07) is 18.8. The molecule has 7 heteroatoms. The van der Waals surface area contributed by atoms with Crippen molar-refractivity contribution in [3.05, 3.63) is 94.0 Å². The van der Waals surface area contributed by atoms with Gasteiger partial charge in [-0.1, -0.05) is 68.8 Å². The van der Waals surface area contributed by atoms with E-state index < -0.39 is 11.7 Å². The Morgan fingerprint density at radius 3 is 1.97 bits per heavy atom. The fourth-order valence-electron chi connectivity index (χ4n) is 2.80. The van der Waals surface area contributed by atoms with Gasteiger partial charge in [-0.3, -0.25) is 0 Å². The molecule has 0 amide bonds. The van der Waals surface area contributed by atoms with Crippen LogP contribution in [0.4, 0.5) is 24.5 Å². The molecule has 0 aliphatic rings. The van der Waals surface area contributed by atoms with Crippen LogP contribution in [-0.2, 0) is 12.6 Å². The number of anilines is 2. The predicted molar refractivity (Wildman–Crippen MR) is 142 cm³/mol. The van der Waals surface area contributed by atoms with Crippen LogP contribution in [0.15, 0.2) is 66.7 Å². The summed E-state index contributed by atoms with van der Waals surface area (Å²) in [5.41, 5.74) is 13.6. The molecule has 0 radical (unpaired) electrons. The Morgan fingerprint density at radius 1 is 0.882 bits per heavy atom. The van der Waals surface area contributed by atoms with Crippen molar-refractivity contribution in [2.75, 3.05) is 24.6 Å². The zero-order valence-corrected chi connectivity index (χ0v) is 21.4. The molecule has 3 nitrogen and oxygen atoms in total. The highest BCUT2D eigenvalue weighted by molar-refractivity contribution is 6.31. The molecule has 0 aliphatic heterocycles. The van der Waals surface area contributed by atoms with Gasteiger partial charge in [0.1, 0.15) is 0 Å². The molecular formula is C27H37ClF3N3. The van der Waals surface area contributed by atoms with Crippen molar-refractivity contribution in [1.82, 2.24) is 0 Å². The minimum absolute atomic E-state index is 0.364. The second-order valence-electron chi connectivity index (χ2n) is 6.92. The third kappa shape index (κ3) is 10.9. The van der Waals surface area contributed by atoms with Crippen molar-refractivity contribution in [2.45, 2.75) is 46.7 Å². The minimum atomic E-state index is -4.35. The number of alkyl halides is 3. The normalized spacial score (nSPS) is 9.94. The highest BCUT2D eigenvalue weighted by Crippen LogP contribution is 2.33. The summed E-state index contributed by atoms with van der Waals surface area (Å²) in [6.45, 7) is 8.71. The van der Waals surface area contributed by atoms with Crippen molar-refractivity contribution in [3.63, 3.8) is 0 Å². The van der Waals surface area contributed by atoms with E-state index in [1.54, 1.807) is 12.1 Å². The van der Waals surface area contributed by atoms with Gasteiger partial charge in [-0.2, -0.15) is 13.2 Å². The fraction of sp³-hybridized carbons (Fsp3) is 0.333. The van der Waals surface area contributed by atoms with Crippen LogP contribution < -0.4 is 16.8 Å². The SMILES string of the molecule is CC.CCCNc1ccc(C(F)(F)F)cc1Cc1ccccc1N.CN.Cc1ccccc1Cl. The number of para-hydroxylation sites is 1. The van der Waals surface area contributed by atoms with E-state index in [-0.39, 0.29) is 0 Å². The average molecular weight is 496 g/mol. The molecule has 0 aromatic heterocycles. The summed E-state index contributed by atoms with van der Waals surface area (Å²) in [7, 11) is 1.50. The lowest BCUT2D eigenvalue weighted by Crippen LogP contribution is -2.09. The Kier molecular flexibility index (Phi) is 15.5. The zero-order valence-electron chi connectivity index (χ0n) is 20.6. The molecule has 0 unspecified atom stereocenters. The van der Waals surface area contributed by atoms with Crippen LogP contribution >= 0.6 is 11.6 Å². The topological polar surface area (TPSA) is 64.1 Å². The van der Waals surface area contributed by atoms with Gasteiger partial charge in [0, 0.05) is 29.4 Å². The lowest BCUT2D eigenvalue weighted by atomic mass is 9.99. The van der Waals surface area contributed by atoms with E-state index in [0.29, 0.717) is 24.2 Å². The van der Waals surface area contributed by atoms with E-state index in [9.17, 15) is 13.2 Å². The van der Waals surface area contributed by atoms with Crippen LogP contribution in [-0.4, -0.2) is 13.6 Å². The Morgan fingerprint density at radius 2 is 1.47 bits per heavy atom. The van der Waals surface area contributed by atoms with Gasteiger partial charge in [-0.15, -0.1) is 0 Å². The Labute approximate surface area is 207 Å². The lowest BCUT2D eigenvalue weighted by molar-refractivity contribution is -0.137. The van der Waals surface area contributed by atoms with E-state index >= 15 is 0 Å². The molecule has 0 heterocycles. The first kappa shape index (κ1) is 31.3. The molecule has 0 atom stereocenters. The highest BCUT2D eigenvalue weighted by Gasteiger charge is 2.31. The first-order chi connectivity index (χ1) is 16.2. The summed E-state index contributed by atoms with van der Waals surface area (Å²) in [5.74, 6) is 0. The smallest absolute Gasteiger partial charge is 0.398 e. The first-order valence-corrected chi connectivity index (χ1v) is 11.7. The molecule has 0 fully saturated rings. The van der Waals surface area contributed by atoms with Crippen LogP contribution in [0.2, 0.25) is 5.02 Å². The molecule has 5 N–H and O–H groups in total. The monoisotopic (exact) mass is 495 g/mol. The molecule has 3 rings (SSSR count). The van der Waals surface area contributed by atoms with E-state index in [2.05, 4.69) is 11.1 Å². The predicted octanol–water partition coefficient (Wildman–Crippen LogP) is 7.95. The van der Waals surface area contributed by atoms with E-state index in [1.165, 1.54) is 19.2 Å². The van der Waals surface area contributed by atoms with Gasteiger partial charge >= 0.3 is 6.18 Å². The van der Waals surface area contributed by atoms with Gasteiger partial charge in [0.2, 0.25) is 0 Å². The second kappa shape index (κ2) is 16.8. The number of hydrogen-bond acceptors (Lipinski definition) is 3. The molecular weight excluding hydrogens is 459 g/mol. The van der Waals surface area contributed by atoms with Gasteiger partial charge in [0.25, 0.3) is 0 Å². The molecule has 0 aliphatic carbocycles. The lowest BCUT2D eigenvalue weighted by Gasteiger charge is -2.16. The van der Waals surface area contributed by atoms with Crippen LogP contribution in [0.25, 0.3) is 0 Å². The Hall–Kier alpha value is -2.70. The number of aryl methyl sites for hydroxylation is 1. The molecule has 0 spiro atoms. The summed E-state index contributed by atoms with van der Waals surface area (Å²) < 4.78 is 38.8. The highest BCUT2D eigenvalue weighted by atomic mass is 35.5.